The van der Waals surface area contributed by atoms with E-state index in [2.05, 4.69) is 4.90 Å². The van der Waals surface area contributed by atoms with Crippen LogP contribution in [0.2, 0.25) is 0 Å². The van der Waals surface area contributed by atoms with Crippen molar-refractivity contribution in [3.05, 3.63) is 29.3 Å². The van der Waals surface area contributed by atoms with E-state index >= 15 is 0 Å². The molecule has 0 radical (unpaired) electrons. The van der Waals surface area contributed by atoms with Gasteiger partial charge in [-0.15, -0.1) is 0 Å². The molecular weight excluding hydrogens is 230 g/mol. The minimum absolute atomic E-state index is 0.408. The summed E-state index contributed by atoms with van der Waals surface area (Å²) < 4.78 is 5.02. The van der Waals surface area contributed by atoms with Crippen molar-refractivity contribution < 1.29 is 14.6 Å². The monoisotopic (exact) mass is 249 g/mol. The third-order valence-electron chi connectivity index (χ3n) is 3.33. The zero-order chi connectivity index (χ0) is 13.0. The number of rotatable bonds is 5. The maximum Gasteiger partial charge on any atom is 0.337 e. The molecule has 18 heavy (non-hydrogen) atoms. The summed E-state index contributed by atoms with van der Waals surface area (Å²) in [6.45, 7) is 2.53. The number of nitrogens with zero attached hydrogens (tertiary/aromatic N) is 1. The van der Waals surface area contributed by atoms with E-state index in [1.165, 1.54) is 0 Å². The summed E-state index contributed by atoms with van der Waals surface area (Å²) in [7, 11) is 1.65. The van der Waals surface area contributed by atoms with Gasteiger partial charge in [0, 0.05) is 20.2 Å². The molecule has 1 heterocycles. The molecule has 1 aliphatic rings. The van der Waals surface area contributed by atoms with Gasteiger partial charge in [-0.25, -0.2) is 4.79 Å². The first kappa shape index (κ1) is 12.9. The number of aromatic carboxylic acids is 1. The Hall–Kier alpha value is -1.55. The minimum Gasteiger partial charge on any atom is -0.478 e. The molecule has 4 nitrogen and oxygen atoms in total. The van der Waals surface area contributed by atoms with E-state index in [1.807, 2.05) is 12.1 Å². The van der Waals surface area contributed by atoms with Crippen LogP contribution in [0.15, 0.2) is 18.2 Å². The average molecular weight is 249 g/mol. The van der Waals surface area contributed by atoms with Crippen LogP contribution in [0.3, 0.4) is 0 Å². The number of carbonyl (C=O) groups is 1. The van der Waals surface area contributed by atoms with Gasteiger partial charge < -0.3 is 14.7 Å². The van der Waals surface area contributed by atoms with Crippen LogP contribution in [0.5, 0.6) is 0 Å². The molecule has 0 spiro atoms. The van der Waals surface area contributed by atoms with Crippen molar-refractivity contribution in [3.8, 4) is 0 Å². The van der Waals surface area contributed by atoms with Crippen LogP contribution >= 0.6 is 0 Å². The molecule has 0 atom stereocenters. The summed E-state index contributed by atoms with van der Waals surface area (Å²) in [4.78, 5) is 13.5. The number of anilines is 1. The summed E-state index contributed by atoms with van der Waals surface area (Å²) in [5.74, 6) is -0.851. The predicted molar refractivity (Wildman–Crippen MR) is 70.4 cm³/mol. The van der Waals surface area contributed by atoms with E-state index in [-0.39, 0.29) is 0 Å². The molecule has 1 aliphatic heterocycles. The molecule has 0 aliphatic carbocycles. The number of ether oxygens (including phenoxy) is 1. The lowest BCUT2D eigenvalue weighted by Gasteiger charge is -2.20. The molecule has 4 heteroatoms. The molecule has 2 rings (SSSR count). The van der Waals surface area contributed by atoms with Crippen molar-refractivity contribution in [2.45, 2.75) is 19.3 Å². The highest BCUT2D eigenvalue weighted by molar-refractivity contribution is 5.94. The Morgan fingerprint density at radius 1 is 1.39 bits per heavy atom. The zero-order valence-corrected chi connectivity index (χ0v) is 10.7. The second-order valence-electron chi connectivity index (χ2n) is 4.59. The van der Waals surface area contributed by atoms with E-state index in [1.54, 1.807) is 13.2 Å². The standard InChI is InChI=1S/C14H19NO3/c1-18-9-6-11-4-5-13(12(10-11)14(16)17)15-7-2-3-8-15/h4-5,10H,2-3,6-9H2,1H3,(H,16,17). The lowest BCUT2D eigenvalue weighted by atomic mass is 10.1. The van der Waals surface area contributed by atoms with Gasteiger partial charge in [-0.2, -0.15) is 0 Å². The van der Waals surface area contributed by atoms with Gasteiger partial charge in [0.25, 0.3) is 0 Å². The van der Waals surface area contributed by atoms with Gasteiger partial charge in [0.2, 0.25) is 0 Å². The SMILES string of the molecule is COCCc1ccc(N2CCCC2)c(C(=O)O)c1. The summed E-state index contributed by atoms with van der Waals surface area (Å²) in [5, 5.41) is 9.32. The number of benzene rings is 1. The topological polar surface area (TPSA) is 49.8 Å². The summed E-state index contributed by atoms with van der Waals surface area (Å²) in [6, 6.07) is 5.70. The van der Waals surface area contributed by atoms with Crippen molar-refractivity contribution in [2.75, 3.05) is 31.7 Å². The van der Waals surface area contributed by atoms with Crippen molar-refractivity contribution in [1.82, 2.24) is 0 Å². The van der Waals surface area contributed by atoms with Gasteiger partial charge >= 0.3 is 5.97 Å². The quantitative estimate of drug-likeness (QED) is 0.869. The molecule has 0 saturated carbocycles. The van der Waals surface area contributed by atoms with Crippen LogP contribution in [-0.4, -0.2) is 37.9 Å². The smallest absolute Gasteiger partial charge is 0.337 e. The van der Waals surface area contributed by atoms with E-state index in [9.17, 15) is 9.90 Å². The summed E-state index contributed by atoms with van der Waals surface area (Å²) >= 11 is 0. The molecular formula is C14H19NO3. The Morgan fingerprint density at radius 2 is 2.11 bits per heavy atom. The number of methoxy groups -OCH3 is 1. The molecule has 1 aromatic carbocycles. The van der Waals surface area contributed by atoms with Crippen LogP contribution in [0.25, 0.3) is 0 Å². The van der Waals surface area contributed by atoms with Gasteiger partial charge in [-0.3, -0.25) is 0 Å². The van der Waals surface area contributed by atoms with Gasteiger partial charge in [-0.05, 0) is 37.0 Å². The molecule has 1 saturated heterocycles. The third kappa shape index (κ3) is 2.82. The van der Waals surface area contributed by atoms with Crippen molar-refractivity contribution in [2.24, 2.45) is 0 Å². The van der Waals surface area contributed by atoms with E-state index in [0.29, 0.717) is 12.2 Å². The first-order valence-electron chi connectivity index (χ1n) is 6.32. The molecule has 0 unspecified atom stereocenters. The summed E-state index contributed by atoms with van der Waals surface area (Å²) in [6.07, 6.45) is 3.03. The normalized spacial score (nSPS) is 15.1. The highest BCUT2D eigenvalue weighted by Gasteiger charge is 2.19. The predicted octanol–water partition coefficient (Wildman–Crippen LogP) is 2.17. The highest BCUT2D eigenvalue weighted by atomic mass is 16.5. The van der Waals surface area contributed by atoms with Gasteiger partial charge in [0.1, 0.15) is 0 Å². The largest absolute Gasteiger partial charge is 0.478 e. The van der Waals surface area contributed by atoms with Crippen molar-refractivity contribution in [1.29, 1.82) is 0 Å². The van der Waals surface area contributed by atoms with Crippen LogP contribution in [0.4, 0.5) is 5.69 Å². The first-order chi connectivity index (χ1) is 8.72. The Balaban J connectivity index is 2.25. The fourth-order valence-corrected chi connectivity index (χ4v) is 2.36. The molecule has 0 aromatic heterocycles. The maximum atomic E-state index is 11.3. The highest BCUT2D eigenvalue weighted by Crippen LogP contribution is 2.26. The molecule has 98 valence electrons. The lowest BCUT2D eigenvalue weighted by Crippen LogP contribution is -2.20. The van der Waals surface area contributed by atoms with E-state index in [0.717, 1.165) is 43.6 Å². The maximum absolute atomic E-state index is 11.3. The second-order valence-corrected chi connectivity index (χ2v) is 4.59. The minimum atomic E-state index is -0.851. The lowest BCUT2D eigenvalue weighted by molar-refractivity contribution is 0.0697. The van der Waals surface area contributed by atoms with Crippen LogP contribution < -0.4 is 4.90 Å². The molecule has 0 bridgehead atoms. The van der Waals surface area contributed by atoms with Gasteiger partial charge in [0.05, 0.1) is 17.9 Å². The third-order valence-corrected chi connectivity index (χ3v) is 3.33. The van der Waals surface area contributed by atoms with Crippen LogP contribution in [0, 0.1) is 0 Å². The fourth-order valence-electron chi connectivity index (χ4n) is 2.36. The number of hydrogen-bond donors (Lipinski definition) is 1. The second kappa shape index (κ2) is 5.87. The summed E-state index contributed by atoms with van der Waals surface area (Å²) in [5.41, 5.74) is 2.27. The number of hydrogen-bond acceptors (Lipinski definition) is 3. The Labute approximate surface area is 107 Å². The van der Waals surface area contributed by atoms with E-state index < -0.39 is 5.97 Å². The Bertz CT molecular complexity index is 425. The fraction of sp³-hybridized carbons (Fsp3) is 0.500. The molecule has 1 fully saturated rings. The van der Waals surface area contributed by atoms with Crippen LogP contribution in [0.1, 0.15) is 28.8 Å². The van der Waals surface area contributed by atoms with Gasteiger partial charge in [-0.1, -0.05) is 6.07 Å². The number of carboxylic acid groups (broad SMARTS) is 1. The Morgan fingerprint density at radius 3 is 2.72 bits per heavy atom. The first-order valence-corrected chi connectivity index (χ1v) is 6.32. The van der Waals surface area contributed by atoms with Crippen molar-refractivity contribution in [3.63, 3.8) is 0 Å². The Kier molecular flexibility index (Phi) is 4.20. The van der Waals surface area contributed by atoms with E-state index in [4.69, 9.17) is 4.74 Å². The van der Waals surface area contributed by atoms with Crippen molar-refractivity contribution >= 4 is 11.7 Å². The van der Waals surface area contributed by atoms with Crippen LogP contribution in [-0.2, 0) is 11.2 Å². The number of carboxylic acids is 1. The average Bonchev–Trinajstić information content (AvgIpc) is 2.89. The van der Waals surface area contributed by atoms with Gasteiger partial charge in [0.15, 0.2) is 0 Å². The zero-order valence-electron chi connectivity index (χ0n) is 10.7. The molecule has 1 N–H and O–H groups in total. The molecule has 0 amide bonds. The molecule has 1 aromatic rings.